The zero-order valence-corrected chi connectivity index (χ0v) is 13.7. The van der Waals surface area contributed by atoms with Gasteiger partial charge in [-0.15, -0.1) is 0 Å². The fraction of sp³-hybridized carbons (Fsp3) is 0.308. The molecule has 0 unspecified atom stereocenters. The van der Waals surface area contributed by atoms with Crippen molar-refractivity contribution in [3.8, 4) is 0 Å². The van der Waals surface area contributed by atoms with Crippen molar-refractivity contribution in [3.05, 3.63) is 40.7 Å². The Morgan fingerprint density at radius 2 is 2.04 bits per heavy atom. The molecule has 0 spiro atoms. The molecule has 0 radical (unpaired) electrons. The van der Waals surface area contributed by atoms with E-state index in [0.717, 1.165) is 6.07 Å². The zero-order chi connectivity index (χ0) is 17.2. The van der Waals surface area contributed by atoms with Gasteiger partial charge in [0.1, 0.15) is 5.69 Å². The van der Waals surface area contributed by atoms with E-state index in [1.54, 1.807) is 17.1 Å². The predicted molar refractivity (Wildman–Crippen MR) is 85.2 cm³/mol. The van der Waals surface area contributed by atoms with Crippen molar-refractivity contribution in [2.45, 2.75) is 24.8 Å². The van der Waals surface area contributed by atoms with E-state index in [1.807, 2.05) is 13.8 Å². The Kier molecular flexibility index (Phi) is 4.66. The first kappa shape index (κ1) is 16.9. The van der Waals surface area contributed by atoms with Crippen molar-refractivity contribution in [1.82, 2.24) is 14.5 Å². The van der Waals surface area contributed by atoms with E-state index in [4.69, 9.17) is 0 Å². The molecule has 0 saturated carbocycles. The molecule has 10 heteroatoms. The number of anilines is 2. The van der Waals surface area contributed by atoms with Crippen molar-refractivity contribution in [3.63, 3.8) is 0 Å². The zero-order valence-electron chi connectivity index (χ0n) is 12.8. The lowest BCUT2D eigenvalue weighted by Crippen LogP contribution is -2.18. The van der Waals surface area contributed by atoms with Gasteiger partial charge in [0.25, 0.3) is 5.69 Å². The Morgan fingerprint density at radius 1 is 1.35 bits per heavy atom. The normalized spacial score (nSPS) is 11.7. The Morgan fingerprint density at radius 3 is 2.57 bits per heavy atom. The smallest absolute Gasteiger partial charge is 0.294 e. The number of nitro benzene ring substituents is 1. The van der Waals surface area contributed by atoms with Gasteiger partial charge in [0, 0.05) is 18.3 Å². The second kappa shape index (κ2) is 6.34. The Hall–Kier alpha value is -2.46. The molecule has 2 rings (SSSR count). The van der Waals surface area contributed by atoms with Crippen LogP contribution >= 0.6 is 0 Å². The first-order valence-electron chi connectivity index (χ1n) is 6.78. The highest BCUT2D eigenvalue weighted by Crippen LogP contribution is 2.30. The SMILES string of the molecule is CNS(=O)(=O)c1ccc(Nc2cnn(C(C)C)c2)c([N+](=O)[O-])c1. The monoisotopic (exact) mass is 339 g/mol. The second-order valence-corrected chi connectivity index (χ2v) is 6.96. The summed E-state index contributed by atoms with van der Waals surface area (Å²) in [7, 11) is -2.51. The van der Waals surface area contributed by atoms with Crippen LogP contribution < -0.4 is 10.0 Å². The van der Waals surface area contributed by atoms with Gasteiger partial charge >= 0.3 is 0 Å². The van der Waals surface area contributed by atoms with Gasteiger partial charge in [-0.25, -0.2) is 13.1 Å². The van der Waals surface area contributed by atoms with E-state index in [1.165, 1.54) is 19.2 Å². The highest BCUT2D eigenvalue weighted by atomic mass is 32.2. The fourth-order valence-corrected chi connectivity index (χ4v) is 2.64. The third kappa shape index (κ3) is 3.66. The van der Waals surface area contributed by atoms with Crippen LogP contribution in [0.5, 0.6) is 0 Å². The molecular formula is C13H17N5O4S. The summed E-state index contributed by atoms with van der Waals surface area (Å²) < 4.78 is 27.3. The molecule has 1 aromatic carbocycles. The summed E-state index contributed by atoms with van der Waals surface area (Å²) >= 11 is 0. The van der Waals surface area contributed by atoms with Crippen molar-refractivity contribution in [2.75, 3.05) is 12.4 Å². The molecular weight excluding hydrogens is 322 g/mol. The van der Waals surface area contributed by atoms with Crippen molar-refractivity contribution >= 4 is 27.1 Å². The van der Waals surface area contributed by atoms with Crippen LogP contribution in [0.3, 0.4) is 0 Å². The molecule has 2 aromatic rings. The molecule has 0 aliphatic carbocycles. The molecule has 1 aromatic heterocycles. The van der Waals surface area contributed by atoms with Crippen LogP contribution in [0.15, 0.2) is 35.5 Å². The van der Waals surface area contributed by atoms with Crippen LogP contribution in [-0.4, -0.2) is 30.2 Å². The molecule has 0 aliphatic rings. The van der Waals surface area contributed by atoms with Gasteiger partial charge in [0.05, 0.1) is 21.7 Å². The van der Waals surface area contributed by atoms with Crippen molar-refractivity contribution < 1.29 is 13.3 Å². The van der Waals surface area contributed by atoms with Crippen LogP contribution in [0.4, 0.5) is 17.1 Å². The molecule has 124 valence electrons. The summed E-state index contributed by atoms with van der Waals surface area (Å²) in [5.74, 6) is 0. The number of aromatic nitrogens is 2. The first-order valence-corrected chi connectivity index (χ1v) is 8.26. The Balaban J connectivity index is 2.40. The number of sulfonamides is 1. The van der Waals surface area contributed by atoms with Crippen LogP contribution in [0.25, 0.3) is 0 Å². The molecule has 0 bridgehead atoms. The summed E-state index contributed by atoms with van der Waals surface area (Å²) in [5, 5.41) is 18.2. The quantitative estimate of drug-likeness (QED) is 0.614. The molecule has 0 amide bonds. The van der Waals surface area contributed by atoms with Gasteiger partial charge in [-0.1, -0.05) is 0 Å². The number of rotatable bonds is 6. The largest absolute Gasteiger partial charge is 0.347 e. The van der Waals surface area contributed by atoms with E-state index < -0.39 is 14.9 Å². The lowest BCUT2D eigenvalue weighted by molar-refractivity contribution is -0.384. The molecule has 0 fully saturated rings. The topological polar surface area (TPSA) is 119 Å². The lowest BCUT2D eigenvalue weighted by atomic mass is 10.2. The summed E-state index contributed by atoms with van der Waals surface area (Å²) in [5.41, 5.74) is 0.429. The maximum absolute atomic E-state index is 11.8. The van der Waals surface area contributed by atoms with Crippen LogP contribution in [0, 0.1) is 10.1 Å². The lowest BCUT2D eigenvalue weighted by Gasteiger charge is -2.08. The van der Waals surface area contributed by atoms with Crippen molar-refractivity contribution in [2.24, 2.45) is 0 Å². The van der Waals surface area contributed by atoms with E-state index in [0.29, 0.717) is 5.69 Å². The summed E-state index contributed by atoms with van der Waals surface area (Å²) in [4.78, 5) is 10.4. The minimum Gasteiger partial charge on any atom is -0.347 e. The van der Waals surface area contributed by atoms with E-state index in [9.17, 15) is 18.5 Å². The van der Waals surface area contributed by atoms with Crippen molar-refractivity contribution in [1.29, 1.82) is 0 Å². The fourth-order valence-electron chi connectivity index (χ4n) is 1.89. The van der Waals surface area contributed by atoms with Crippen LogP contribution in [0.1, 0.15) is 19.9 Å². The van der Waals surface area contributed by atoms with Gasteiger partial charge in [0.15, 0.2) is 0 Å². The minimum atomic E-state index is -3.75. The van der Waals surface area contributed by atoms with Gasteiger partial charge in [-0.2, -0.15) is 5.10 Å². The number of hydrogen-bond acceptors (Lipinski definition) is 6. The minimum absolute atomic E-state index is 0.156. The Bertz CT molecular complexity index is 829. The summed E-state index contributed by atoms with van der Waals surface area (Å²) in [6.07, 6.45) is 3.26. The maximum atomic E-state index is 11.8. The van der Waals surface area contributed by atoms with E-state index >= 15 is 0 Å². The molecule has 0 saturated heterocycles. The first-order chi connectivity index (χ1) is 10.7. The molecule has 2 N–H and O–H groups in total. The number of hydrogen-bond donors (Lipinski definition) is 2. The Labute approximate surface area is 133 Å². The average molecular weight is 339 g/mol. The third-order valence-corrected chi connectivity index (χ3v) is 4.57. The average Bonchev–Trinajstić information content (AvgIpc) is 2.96. The molecule has 1 heterocycles. The second-order valence-electron chi connectivity index (χ2n) is 5.07. The number of nitrogens with one attached hydrogen (secondary N) is 2. The van der Waals surface area contributed by atoms with Gasteiger partial charge < -0.3 is 5.32 Å². The molecule has 9 nitrogen and oxygen atoms in total. The van der Waals surface area contributed by atoms with Gasteiger partial charge in [-0.05, 0) is 33.0 Å². The van der Waals surface area contributed by atoms with E-state index in [2.05, 4.69) is 15.1 Å². The molecule has 0 aliphatic heterocycles. The van der Waals surface area contributed by atoms with Crippen LogP contribution in [-0.2, 0) is 10.0 Å². The molecule has 23 heavy (non-hydrogen) atoms. The highest BCUT2D eigenvalue weighted by molar-refractivity contribution is 7.89. The third-order valence-electron chi connectivity index (χ3n) is 3.15. The number of benzene rings is 1. The van der Waals surface area contributed by atoms with E-state index in [-0.39, 0.29) is 22.3 Å². The highest BCUT2D eigenvalue weighted by Gasteiger charge is 2.20. The predicted octanol–water partition coefficient (Wildman–Crippen LogP) is 2.02. The van der Waals surface area contributed by atoms with Gasteiger partial charge in [0.2, 0.25) is 10.0 Å². The maximum Gasteiger partial charge on any atom is 0.294 e. The van der Waals surface area contributed by atoms with Crippen LogP contribution in [0.2, 0.25) is 0 Å². The number of nitrogens with zero attached hydrogens (tertiary/aromatic N) is 3. The standard InChI is InChI=1S/C13H17N5O4S/c1-9(2)17-8-10(7-15-17)16-12-5-4-11(23(21,22)14-3)6-13(12)18(19)20/h4-9,14,16H,1-3H3. The number of nitro groups is 1. The van der Waals surface area contributed by atoms with Gasteiger partial charge in [-0.3, -0.25) is 14.8 Å². The summed E-state index contributed by atoms with van der Waals surface area (Å²) in [6.45, 7) is 3.91. The summed E-state index contributed by atoms with van der Waals surface area (Å²) in [6, 6.07) is 3.83. The molecule has 0 atom stereocenters.